The Hall–Kier alpha value is -0.000130. The van der Waals surface area contributed by atoms with Crippen LogP contribution in [0, 0.1) is 0 Å². The lowest BCUT2D eigenvalue weighted by atomic mass is 9.92. The van der Waals surface area contributed by atoms with Gasteiger partial charge in [0.25, 0.3) is 0 Å². The number of hydrogen-bond acceptors (Lipinski definition) is 9. The van der Waals surface area contributed by atoms with Gasteiger partial charge in [-0.15, -0.1) is 0 Å². The highest BCUT2D eigenvalue weighted by molar-refractivity contribution is 7.47. The standard InChI is InChI=1S/C21H39B2O10P/c1-9-21(5,6)28-10-12-15(17(27-8)19(23)30-12)33-34(24,25)29-11-13-14(32-20(2,3)4)16(26-7)18(22)31-13/h12-19H,9-11H2,1-8H3,(H,24,25). The molecular formula is C21H39B2O10P. The fourth-order valence-corrected chi connectivity index (χ4v) is 4.72. The third-order valence-electron chi connectivity index (χ3n) is 5.87. The second-order valence-corrected chi connectivity index (χ2v) is 11.5. The van der Waals surface area contributed by atoms with Gasteiger partial charge < -0.3 is 33.3 Å². The van der Waals surface area contributed by atoms with Crippen molar-refractivity contribution in [1.29, 1.82) is 0 Å². The molecule has 0 saturated carbocycles. The average molecular weight is 504 g/mol. The number of rotatable bonds is 12. The lowest BCUT2D eigenvalue weighted by Gasteiger charge is -2.31. The first-order valence-corrected chi connectivity index (χ1v) is 13.0. The van der Waals surface area contributed by atoms with Crippen LogP contribution in [0.4, 0.5) is 0 Å². The van der Waals surface area contributed by atoms with Gasteiger partial charge in [0.2, 0.25) is 0 Å². The fourth-order valence-electron chi connectivity index (χ4n) is 3.76. The van der Waals surface area contributed by atoms with Gasteiger partial charge in [-0.25, -0.2) is 4.57 Å². The highest BCUT2D eigenvalue weighted by Crippen LogP contribution is 2.48. The van der Waals surface area contributed by atoms with Gasteiger partial charge in [-0.1, -0.05) is 6.92 Å². The van der Waals surface area contributed by atoms with Crippen LogP contribution < -0.4 is 0 Å². The normalized spacial score (nSPS) is 36.6. The van der Waals surface area contributed by atoms with E-state index in [-0.39, 0.29) is 13.2 Å². The first-order valence-electron chi connectivity index (χ1n) is 11.5. The summed E-state index contributed by atoms with van der Waals surface area (Å²) in [6.07, 6.45) is -3.72. The van der Waals surface area contributed by atoms with Crippen LogP contribution in [0.3, 0.4) is 0 Å². The first-order chi connectivity index (χ1) is 15.6. The van der Waals surface area contributed by atoms with Gasteiger partial charge in [0, 0.05) is 26.2 Å². The smallest absolute Gasteiger partial charge is 0.377 e. The van der Waals surface area contributed by atoms with Gasteiger partial charge in [-0.3, -0.25) is 9.05 Å². The summed E-state index contributed by atoms with van der Waals surface area (Å²) in [6.45, 7) is 11.3. The van der Waals surface area contributed by atoms with E-state index < -0.39 is 67.7 Å². The molecule has 2 aliphatic heterocycles. The van der Waals surface area contributed by atoms with Crippen molar-refractivity contribution in [1.82, 2.24) is 0 Å². The van der Waals surface area contributed by atoms with E-state index in [1.807, 2.05) is 41.5 Å². The Morgan fingerprint density at radius 2 is 1.38 bits per heavy atom. The maximum absolute atomic E-state index is 12.9. The van der Waals surface area contributed by atoms with Gasteiger partial charge in [0.15, 0.2) is 0 Å². The minimum Gasteiger partial charge on any atom is -0.377 e. The van der Waals surface area contributed by atoms with E-state index in [2.05, 4.69) is 0 Å². The Balaban J connectivity index is 2.06. The molecule has 0 aromatic rings. The highest BCUT2D eigenvalue weighted by Gasteiger charge is 2.49. The zero-order chi connectivity index (χ0) is 25.9. The lowest BCUT2D eigenvalue weighted by Crippen LogP contribution is -2.43. The Morgan fingerprint density at radius 3 is 1.85 bits per heavy atom. The van der Waals surface area contributed by atoms with E-state index in [0.717, 1.165) is 6.42 Å². The molecular weight excluding hydrogens is 465 g/mol. The van der Waals surface area contributed by atoms with Crippen LogP contribution in [0.1, 0.15) is 48.0 Å². The molecule has 1 N–H and O–H groups in total. The van der Waals surface area contributed by atoms with E-state index in [1.165, 1.54) is 14.2 Å². The molecule has 0 spiro atoms. The first kappa shape index (κ1) is 30.2. The van der Waals surface area contributed by atoms with E-state index in [9.17, 15) is 9.46 Å². The summed E-state index contributed by atoms with van der Waals surface area (Å²) in [5.74, 6) is 0. The minimum atomic E-state index is -4.59. The monoisotopic (exact) mass is 504 g/mol. The molecule has 0 aromatic carbocycles. The molecule has 2 fully saturated rings. The molecule has 0 amide bonds. The molecule has 2 rings (SSSR count). The maximum Gasteiger partial charge on any atom is 0.472 e. The Bertz CT molecular complexity index is 691. The quantitative estimate of drug-likeness (QED) is 0.312. The van der Waals surface area contributed by atoms with E-state index in [1.54, 1.807) is 0 Å². The summed E-state index contributed by atoms with van der Waals surface area (Å²) < 4.78 is 57.7. The highest BCUT2D eigenvalue weighted by atomic mass is 31.2. The zero-order valence-electron chi connectivity index (χ0n) is 21.5. The zero-order valence-corrected chi connectivity index (χ0v) is 22.4. The van der Waals surface area contributed by atoms with Crippen molar-refractivity contribution >= 4 is 23.5 Å². The topological polar surface area (TPSA) is 111 Å². The lowest BCUT2D eigenvalue weighted by molar-refractivity contribution is -0.125. The summed E-state index contributed by atoms with van der Waals surface area (Å²) in [6, 6.07) is -1.65. The number of ether oxygens (including phenoxy) is 6. The van der Waals surface area contributed by atoms with Crippen molar-refractivity contribution in [3.05, 3.63) is 0 Å². The van der Waals surface area contributed by atoms with Crippen molar-refractivity contribution < 1.29 is 46.9 Å². The summed E-state index contributed by atoms with van der Waals surface area (Å²) >= 11 is 0. The summed E-state index contributed by atoms with van der Waals surface area (Å²) in [7, 11) is 10.3. The summed E-state index contributed by atoms with van der Waals surface area (Å²) in [4.78, 5) is 10.5. The molecule has 0 aromatic heterocycles. The Morgan fingerprint density at radius 1 is 0.882 bits per heavy atom. The second-order valence-electron chi connectivity index (χ2n) is 10.1. The molecule has 0 bridgehead atoms. The van der Waals surface area contributed by atoms with Crippen molar-refractivity contribution in [3.8, 4) is 0 Å². The number of hydrogen-bond donors (Lipinski definition) is 1. The van der Waals surface area contributed by atoms with Crippen LogP contribution in [-0.4, -0.2) is 108 Å². The van der Waals surface area contributed by atoms with E-state index in [0.29, 0.717) is 0 Å². The predicted octanol–water partition coefficient (Wildman–Crippen LogP) is 1.69. The summed E-state index contributed by atoms with van der Waals surface area (Å²) in [5, 5.41) is 0. The molecule has 9 unspecified atom stereocenters. The average Bonchev–Trinajstić information content (AvgIpc) is 3.18. The van der Waals surface area contributed by atoms with Crippen LogP contribution in [0.2, 0.25) is 0 Å². The molecule has 2 aliphatic rings. The Kier molecular flexibility index (Phi) is 10.7. The second kappa shape index (κ2) is 12.0. The number of phosphoric ester groups is 1. The largest absolute Gasteiger partial charge is 0.472 e. The van der Waals surface area contributed by atoms with E-state index in [4.69, 9.17) is 53.2 Å². The minimum absolute atomic E-state index is 0.0939. The number of methoxy groups -OCH3 is 2. The molecule has 194 valence electrons. The third-order valence-corrected chi connectivity index (χ3v) is 6.86. The van der Waals surface area contributed by atoms with Crippen LogP contribution in [0.15, 0.2) is 0 Å². The Labute approximate surface area is 206 Å². The van der Waals surface area contributed by atoms with Crippen molar-refractivity contribution in [2.75, 3.05) is 27.4 Å². The molecule has 4 radical (unpaired) electrons. The molecule has 9 atom stereocenters. The maximum atomic E-state index is 12.9. The molecule has 2 heterocycles. The van der Waals surface area contributed by atoms with Crippen molar-refractivity contribution in [2.24, 2.45) is 0 Å². The van der Waals surface area contributed by atoms with Crippen molar-refractivity contribution in [2.45, 2.75) is 108 Å². The van der Waals surface area contributed by atoms with Crippen LogP contribution in [0.25, 0.3) is 0 Å². The molecule has 34 heavy (non-hydrogen) atoms. The fraction of sp³-hybridized carbons (Fsp3) is 1.00. The molecule has 0 aliphatic carbocycles. The third kappa shape index (κ3) is 8.26. The predicted molar refractivity (Wildman–Crippen MR) is 126 cm³/mol. The molecule has 13 heteroatoms. The SMILES string of the molecule is [B]C1OC(COP(=O)(O)OC2C(COC(C)(C)CC)OC([B])C2OC)C(OC(C)(C)C)C1OC. The van der Waals surface area contributed by atoms with Crippen molar-refractivity contribution in [3.63, 3.8) is 0 Å². The van der Waals surface area contributed by atoms with Gasteiger partial charge in [-0.05, 0) is 41.0 Å². The van der Waals surface area contributed by atoms with Crippen LogP contribution in [-0.2, 0) is 42.0 Å². The van der Waals surface area contributed by atoms with Crippen LogP contribution in [0.5, 0.6) is 0 Å². The molecule has 10 nitrogen and oxygen atoms in total. The summed E-state index contributed by atoms with van der Waals surface area (Å²) in [5.41, 5.74) is -0.948. The van der Waals surface area contributed by atoms with E-state index >= 15 is 0 Å². The number of phosphoric acid groups is 1. The van der Waals surface area contributed by atoms with Gasteiger partial charge in [-0.2, -0.15) is 0 Å². The van der Waals surface area contributed by atoms with Gasteiger partial charge in [0.1, 0.15) is 52.3 Å². The van der Waals surface area contributed by atoms with Crippen LogP contribution >= 0.6 is 7.82 Å². The van der Waals surface area contributed by atoms with Gasteiger partial charge >= 0.3 is 7.82 Å². The molecule has 2 saturated heterocycles. The van der Waals surface area contributed by atoms with Gasteiger partial charge in [0.05, 0.1) is 24.4 Å².